The Labute approximate surface area is 146 Å². The predicted octanol–water partition coefficient (Wildman–Crippen LogP) is 4.44. The Hall–Kier alpha value is -3.28. The van der Waals surface area contributed by atoms with Crippen molar-refractivity contribution in [1.82, 2.24) is 9.78 Å². The van der Waals surface area contributed by atoms with Crippen molar-refractivity contribution >= 4 is 22.7 Å². The first-order chi connectivity index (χ1) is 12.2. The van der Waals surface area contributed by atoms with Crippen LogP contribution in [0.15, 0.2) is 41.8 Å². The molecule has 0 N–H and O–H groups in total. The van der Waals surface area contributed by atoms with Gasteiger partial charge in [0, 0.05) is 6.07 Å². The Bertz CT molecular complexity index is 998. The molecule has 0 atom stereocenters. The number of thiophene rings is 1. The minimum absolute atomic E-state index is 0.00993. The number of aromatic nitrogens is 2. The number of nitro groups is 2. The number of hydrogen-bond donors (Lipinski definition) is 0. The average molecular weight is 384 g/mol. The van der Waals surface area contributed by atoms with Crippen molar-refractivity contribution in [3.63, 3.8) is 0 Å². The lowest BCUT2D eigenvalue weighted by Gasteiger charge is -2.07. The second-order valence-corrected chi connectivity index (χ2v) is 5.94. The molecule has 0 fully saturated rings. The van der Waals surface area contributed by atoms with Gasteiger partial charge in [-0.1, -0.05) is 6.07 Å². The smallest absolute Gasteiger partial charge is 0.258 e. The standard InChI is InChI=1S/C14H7F3N4O4S/c15-14(16,17)13-7-11(12-2-1-5-26-12)19(18-13)9-4-3-8(20(22)23)6-10(9)21(24)25/h1-7H. The number of hydrogen-bond acceptors (Lipinski definition) is 6. The number of halogens is 3. The van der Waals surface area contributed by atoms with E-state index in [0.717, 1.165) is 34.2 Å². The zero-order chi connectivity index (χ0) is 19.1. The number of non-ortho nitro benzene ring substituents is 1. The third-order valence-electron chi connectivity index (χ3n) is 3.37. The molecular formula is C14H7F3N4O4S. The van der Waals surface area contributed by atoms with Gasteiger partial charge in [-0.2, -0.15) is 18.3 Å². The number of benzene rings is 1. The van der Waals surface area contributed by atoms with E-state index in [0.29, 0.717) is 10.9 Å². The molecule has 0 amide bonds. The first kappa shape index (κ1) is 17.5. The van der Waals surface area contributed by atoms with Gasteiger partial charge in [0.15, 0.2) is 5.69 Å². The van der Waals surface area contributed by atoms with Crippen LogP contribution in [-0.2, 0) is 6.18 Å². The highest BCUT2D eigenvalue weighted by Crippen LogP contribution is 2.37. The largest absolute Gasteiger partial charge is 0.435 e. The Morgan fingerprint density at radius 2 is 1.81 bits per heavy atom. The van der Waals surface area contributed by atoms with Crippen LogP contribution in [0.2, 0.25) is 0 Å². The van der Waals surface area contributed by atoms with E-state index in [4.69, 9.17) is 0 Å². The SMILES string of the molecule is O=[N+]([O-])c1ccc(-n2nc(C(F)(F)F)cc2-c2cccs2)c([N+](=O)[O-])c1. The van der Waals surface area contributed by atoms with E-state index in [-0.39, 0.29) is 11.4 Å². The fourth-order valence-electron chi connectivity index (χ4n) is 2.25. The summed E-state index contributed by atoms with van der Waals surface area (Å²) in [5, 5.41) is 27.2. The van der Waals surface area contributed by atoms with E-state index in [1.807, 2.05) is 0 Å². The molecule has 3 rings (SSSR count). The Balaban J connectivity index is 2.28. The number of nitro benzene ring substituents is 2. The second-order valence-electron chi connectivity index (χ2n) is 4.99. The first-order valence-corrected chi connectivity index (χ1v) is 7.71. The molecule has 0 spiro atoms. The zero-order valence-corrected chi connectivity index (χ0v) is 13.3. The van der Waals surface area contributed by atoms with E-state index >= 15 is 0 Å². The maximum atomic E-state index is 13.1. The molecule has 1 aromatic carbocycles. The average Bonchev–Trinajstić information content (AvgIpc) is 3.22. The Morgan fingerprint density at radius 1 is 1.08 bits per heavy atom. The molecule has 0 bridgehead atoms. The van der Waals surface area contributed by atoms with Gasteiger partial charge in [0.2, 0.25) is 0 Å². The van der Waals surface area contributed by atoms with Crippen LogP contribution in [0.25, 0.3) is 16.3 Å². The van der Waals surface area contributed by atoms with Gasteiger partial charge in [-0.05, 0) is 23.6 Å². The molecule has 8 nitrogen and oxygen atoms in total. The molecule has 0 aliphatic carbocycles. The van der Waals surface area contributed by atoms with Crippen molar-refractivity contribution in [2.45, 2.75) is 6.18 Å². The number of alkyl halides is 3. The molecule has 3 aromatic rings. The van der Waals surface area contributed by atoms with Crippen LogP contribution in [-0.4, -0.2) is 19.6 Å². The van der Waals surface area contributed by atoms with Gasteiger partial charge in [0.05, 0.1) is 26.5 Å². The number of nitrogens with zero attached hydrogens (tertiary/aromatic N) is 4. The number of rotatable bonds is 4. The van der Waals surface area contributed by atoms with Crippen LogP contribution in [0.1, 0.15) is 5.69 Å². The lowest BCUT2D eigenvalue weighted by Crippen LogP contribution is -2.08. The highest BCUT2D eigenvalue weighted by molar-refractivity contribution is 7.13. The molecule has 2 aromatic heterocycles. The van der Waals surface area contributed by atoms with E-state index in [9.17, 15) is 33.4 Å². The summed E-state index contributed by atoms with van der Waals surface area (Å²) < 4.78 is 40.0. The van der Waals surface area contributed by atoms with Crippen LogP contribution < -0.4 is 0 Å². The summed E-state index contributed by atoms with van der Waals surface area (Å²) in [5.41, 5.74) is -2.83. The van der Waals surface area contributed by atoms with E-state index < -0.39 is 33.1 Å². The van der Waals surface area contributed by atoms with Gasteiger partial charge >= 0.3 is 11.9 Å². The summed E-state index contributed by atoms with van der Waals surface area (Å²) in [6.45, 7) is 0. The zero-order valence-electron chi connectivity index (χ0n) is 12.5. The van der Waals surface area contributed by atoms with Crippen molar-refractivity contribution in [2.24, 2.45) is 0 Å². The van der Waals surface area contributed by atoms with Gasteiger partial charge in [-0.15, -0.1) is 11.3 Å². The summed E-state index contributed by atoms with van der Waals surface area (Å²) in [6.07, 6.45) is -4.76. The Morgan fingerprint density at radius 3 is 2.35 bits per heavy atom. The molecule has 0 saturated heterocycles. The third kappa shape index (κ3) is 3.13. The molecule has 0 unspecified atom stereocenters. The minimum Gasteiger partial charge on any atom is -0.258 e. The van der Waals surface area contributed by atoms with Crippen LogP contribution in [0.4, 0.5) is 24.5 Å². The summed E-state index contributed by atoms with van der Waals surface area (Å²) in [6, 6.07) is 6.57. The maximum absolute atomic E-state index is 13.1. The van der Waals surface area contributed by atoms with Gasteiger partial charge < -0.3 is 0 Å². The van der Waals surface area contributed by atoms with Gasteiger partial charge in [-0.25, -0.2) is 4.68 Å². The quantitative estimate of drug-likeness (QED) is 0.489. The third-order valence-corrected chi connectivity index (χ3v) is 4.26. The summed E-state index contributed by atoms with van der Waals surface area (Å²) in [4.78, 5) is 20.8. The van der Waals surface area contributed by atoms with Gasteiger partial charge in [-0.3, -0.25) is 20.2 Å². The molecule has 26 heavy (non-hydrogen) atoms. The van der Waals surface area contributed by atoms with Crippen molar-refractivity contribution in [3.8, 4) is 16.3 Å². The van der Waals surface area contributed by atoms with Crippen molar-refractivity contribution < 1.29 is 23.0 Å². The summed E-state index contributed by atoms with van der Waals surface area (Å²) >= 11 is 1.12. The fraction of sp³-hybridized carbons (Fsp3) is 0.0714. The molecular weight excluding hydrogens is 377 g/mol. The van der Waals surface area contributed by atoms with Gasteiger partial charge in [0.1, 0.15) is 5.69 Å². The highest BCUT2D eigenvalue weighted by Gasteiger charge is 2.36. The molecule has 0 aliphatic heterocycles. The normalized spacial score (nSPS) is 11.5. The monoisotopic (exact) mass is 384 g/mol. The fourth-order valence-corrected chi connectivity index (χ4v) is 2.98. The minimum atomic E-state index is -4.76. The molecule has 134 valence electrons. The molecule has 0 radical (unpaired) electrons. The highest BCUT2D eigenvalue weighted by atomic mass is 32.1. The molecule has 0 aliphatic rings. The van der Waals surface area contributed by atoms with Crippen LogP contribution in [0.3, 0.4) is 0 Å². The van der Waals surface area contributed by atoms with Crippen LogP contribution in [0.5, 0.6) is 0 Å². The van der Waals surface area contributed by atoms with Crippen molar-refractivity contribution in [2.75, 3.05) is 0 Å². The molecule has 0 saturated carbocycles. The van der Waals surface area contributed by atoms with Crippen LogP contribution >= 0.6 is 11.3 Å². The molecule has 12 heteroatoms. The van der Waals surface area contributed by atoms with Crippen molar-refractivity contribution in [3.05, 3.63) is 67.7 Å². The van der Waals surface area contributed by atoms with Gasteiger partial charge in [0.25, 0.3) is 5.69 Å². The predicted molar refractivity (Wildman–Crippen MR) is 85.2 cm³/mol. The lowest BCUT2D eigenvalue weighted by atomic mass is 10.2. The van der Waals surface area contributed by atoms with Crippen LogP contribution in [0, 0.1) is 20.2 Å². The van der Waals surface area contributed by atoms with Crippen molar-refractivity contribution in [1.29, 1.82) is 0 Å². The maximum Gasteiger partial charge on any atom is 0.435 e. The Kier molecular flexibility index (Phi) is 4.20. The summed E-state index contributed by atoms with van der Waals surface area (Å²) in [5.74, 6) is 0. The second kappa shape index (κ2) is 6.22. The summed E-state index contributed by atoms with van der Waals surface area (Å²) in [7, 11) is 0. The van der Waals surface area contributed by atoms with E-state index in [1.165, 1.54) is 6.07 Å². The van der Waals surface area contributed by atoms with E-state index in [2.05, 4.69) is 5.10 Å². The molecule has 2 heterocycles. The van der Waals surface area contributed by atoms with E-state index in [1.54, 1.807) is 11.4 Å². The topological polar surface area (TPSA) is 104 Å². The first-order valence-electron chi connectivity index (χ1n) is 6.83. The lowest BCUT2D eigenvalue weighted by molar-refractivity contribution is -0.394.